The molecule has 1 aromatic carbocycles. The van der Waals surface area contributed by atoms with E-state index in [0.717, 1.165) is 25.2 Å². The van der Waals surface area contributed by atoms with E-state index < -0.39 is 0 Å². The summed E-state index contributed by atoms with van der Waals surface area (Å²) >= 11 is 6.21. The maximum absolute atomic E-state index is 9.97. The number of nitrogens with zero attached hydrogens (tertiary/aromatic N) is 2. The van der Waals surface area contributed by atoms with Crippen molar-refractivity contribution in [3.8, 4) is 5.75 Å². The second kappa shape index (κ2) is 5.31. The standard InChI is InChI=1S/C15H21ClN2O/c1-11-8-17-7-3-4-12(17)9-18(11)10-13-14(16)5-2-6-15(13)19/h2,5-6,11-12,19H,3-4,7-10H2,1H3. The molecule has 0 spiro atoms. The molecule has 1 aromatic rings. The molecule has 2 unspecified atom stereocenters. The summed E-state index contributed by atoms with van der Waals surface area (Å²) in [6.45, 7) is 6.49. The molecule has 3 rings (SSSR count). The van der Waals surface area contributed by atoms with Crippen molar-refractivity contribution < 1.29 is 5.11 Å². The van der Waals surface area contributed by atoms with E-state index in [1.54, 1.807) is 12.1 Å². The summed E-state index contributed by atoms with van der Waals surface area (Å²) in [5.74, 6) is 0.313. The zero-order valence-corrected chi connectivity index (χ0v) is 12.1. The van der Waals surface area contributed by atoms with Crippen molar-refractivity contribution in [2.24, 2.45) is 0 Å². The van der Waals surface area contributed by atoms with Gasteiger partial charge in [0.25, 0.3) is 0 Å². The molecule has 2 aliphatic rings. The molecule has 2 saturated heterocycles. The Morgan fingerprint density at radius 2 is 2.21 bits per heavy atom. The smallest absolute Gasteiger partial charge is 0.121 e. The quantitative estimate of drug-likeness (QED) is 0.902. The van der Waals surface area contributed by atoms with Crippen LogP contribution in [0.1, 0.15) is 25.3 Å². The molecular formula is C15H21ClN2O. The summed E-state index contributed by atoms with van der Waals surface area (Å²) in [6.07, 6.45) is 2.63. The third-order valence-electron chi connectivity index (χ3n) is 4.52. The van der Waals surface area contributed by atoms with Crippen molar-refractivity contribution in [2.45, 2.75) is 38.4 Å². The number of rotatable bonds is 2. The van der Waals surface area contributed by atoms with Crippen LogP contribution in [0, 0.1) is 0 Å². The predicted octanol–water partition coefficient (Wildman–Crippen LogP) is 2.71. The summed E-state index contributed by atoms with van der Waals surface area (Å²) in [4.78, 5) is 5.06. The zero-order valence-electron chi connectivity index (χ0n) is 11.3. The van der Waals surface area contributed by atoms with Gasteiger partial charge in [-0.1, -0.05) is 17.7 Å². The predicted molar refractivity (Wildman–Crippen MR) is 77.6 cm³/mol. The number of halogens is 1. The van der Waals surface area contributed by atoms with Crippen molar-refractivity contribution in [3.63, 3.8) is 0 Å². The van der Waals surface area contributed by atoms with Gasteiger partial charge in [0.05, 0.1) is 0 Å². The van der Waals surface area contributed by atoms with E-state index >= 15 is 0 Å². The van der Waals surface area contributed by atoms with Crippen molar-refractivity contribution in [1.82, 2.24) is 9.80 Å². The molecule has 19 heavy (non-hydrogen) atoms. The van der Waals surface area contributed by atoms with Gasteiger partial charge in [-0.25, -0.2) is 0 Å². The average Bonchev–Trinajstić information content (AvgIpc) is 2.81. The molecule has 1 N–H and O–H groups in total. The molecule has 2 atom stereocenters. The highest BCUT2D eigenvalue weighted by Gasteiger charge is 2.34. The first-order chi connectivity index (χ1) is 9.15. The number of hydrogen-bond acceptors (Lipinski definition) is 3. The monoisotopic (exact) mass is 280 g/mol. The van der Waals surface area contributed by atoms with Crippen LogP contribution < -0.4 is 0 Å². The highest BCUT2D eigenvalue weighted by Crippen LogP contribution is 2.30. The summed E-state index contributed by atoms with van der Waals surface area (Å²) in [7, 11) is 0. The van der Waals surface area contributed by atoms with Crippen molar-refractivity contribution >= 4 is 11.6 Å². The zero-order chi connectivity index (χ0) is 13.4. The van der Waals surface area contributed by atoms with Crippen LogP contribution in [0.3, 0.4) is 0 Å². The van der Waals surface area contributed by atoms with Crippen LogP contribution in [-0.2, 0) is 6.54 Å². The lowest BCUT2D eigenvalue weighted by molar-refractivity contribution is 0.0536. The van der Waals surface area contributed by atoms with Gasteiger partial charge < -0.3 is 5.11 Å². The summed E-state index contributed by atoms with van der Waals surface area (Å²) in [5, 5.41) is 10.6. The Kier molecular flexibility index (Phi) is 3.70. The van der Waals surface area contributed by atoms with Gasteiger partial charge in [-0.2, -0.15) is 0 Å². The maximum Gasteiger partial charge on any atom is 0.121 e. The topological polar surface area (TPSA) is 26.7 Å². The first-order valence-corrected chi connectivity index (χ1v) is 7.47. The van der Waals surface area contributed by atoms with E-state index in [2.05, 4.69) is 16.7 Å². The van der Waals surface area contributed by atoms with Gasteiger partial charge in [-0.15, -0.1) is 0 Å². The van der Waals surface area contributed by atoms with Crippen LogP contribution in [0.5, 0.6) is 5.75 Å². The minimum Gasteiger partial charge on any atom is -0.508 e. The van der Waals surface area contributed by atoms with Crippen LogP contribution in [0.15, 0.2) is 18.2 Å². The Morgan fingerprint density at radius 1 is 1.37 bits per heavy atom. The second-order valence-corrected chi connectivity index (χ2v) is 6.21. The van der Waals surface area contributed by atoms with Crippen molar-refractivity contribution in [2.75, 3.05) is 19.6 Å². The third kappa shape index (κ3) is 2.60. The molecular weight excluding hydrogens is 260 g/mol. The van der Waals surface area contributed by atoms with Gasteiger partial charge in [-0.3, -0.25) is 9.80 Å². The number of fused-ring (bicyclic) bond motifs is 1. The molecule has 0 amide bonds. The van der Waals surface area contributed by atoms with Crippen molar-refractivity contribution in [3.05, 3.63) is 28.8 Å². The first kappa shape index (κ1) is 13.2. The lowest BCUT2D eigenvalue weighted by Crippen LogP contribution is -2.54. The Morgan fingerprint density at radius 3 is 3.00 bits per heavy atom. The molecule has 104 valence electrons. The fourth-order valence-electron chi connectivity index (χ4n) is 3.38. The fourth-order valence-corrected chi connectivity index (χ4v) is 3.60. The van der Waals surface area contributed by atoms with Crippen molar-refractivity contribution in [1.29, 1.82) is 0 Å². The molecule has 2 aliphatic heterocycles. The number of benzene rings is 1. The van der Waals surface area contributed by atoms with Gasteiger partial charge in [0.15, 0.2) is 0 Å². The highest BCUT2D eigenvalue weighted by atomic mass is 35.5. The summed E-state index contributed by atoms with van der Waals surface area (Å²) in [6, 6.07) is 6.58. The molecule has 4 heteroatoms. The van der Waals surface area contributed by atoms with Crippen LogP contribution >= 0.6 is 11.6 Å². The van der Waals surface area contributed by atoms with Gasteiger partial charge in [0, 0.05) is 42.3 Å². The minimum atomic E-state index is 0.313. The number of phenols is 1. The van der Waals surface area contributed by atoms with Gasteiger partial charge in [0.2, 0.25) is 0 Å². The Bertz CT molecular complexity index is 445. The first-order valence-electron chi connectivity index (χ1n) is 7.09. The van der Waals surface area contributed by atoms with Crippen LogP contribution in [-0.4, -0.2) is 46.6 Å². The maximum atomic E-state index is 9.97. The number of phenolic OH excluding ortho intramolecular Hbond substituents is 1. The van der Waals surface area contributed by atoms with E-state index in [0.29, 0.717) is 22.9 Å². The van der Waals surface area contributed by atoms with Crippen LogP contribution in [0.2, 0.25) is 5.02 Å². The number of piperazine rings is 1. The lowest BCUT2D eigenvalue weighted by Gasteiger charge is -2.42. The lowest BCUT2D eigenvalue weighted by atomic mass is 10.1. The van der Waals surface area contributed by atoms with E-state index in [1.165, 1.54) is 19.4 Å². The number of aromatic hydroxyl groups is 1. The SMILES string of the molecule is CC1CN2CCCC2CN1Cc1c(O)cccc1Cl. The largest absolute Gasteiger partial charge is 0.508 e. The van der Waals surface area contributed by atoms with E-state index in [-0.39, 0.29) is 0 Å². The van der Waals surface area contributed by atoms with Gasteiger partial charge in [-0.05, 0) is 38.4 Å². The fraction of sp³-hybridized carbons (Fsp3) is 0.600. The second-order valence-electron chi connectivity index (χ2n) is 5.81. The molecule has 0 aliphatic carbocycles. The van der Waals surface area contributed by atoms with Crippen LogP contribution in [0.25, 0.3) is 0 Å². The van der Waals surface area contributed by atoms with Crippen LogP contribution in [0.4, 0.5) is 0 Å². The van der Waals surface area contributed by atoms with E-state index in [9.17, 15) is 5.11 Å². The molecule has 0 saturated carbocycles. The molecule has 0 bridgehead atoms. The van der Waals surface area contributed by atoms with E-state index in [4.69, 9.17) is 11.6 Å². The molecule has 0 radical (unpaired) electrons. The Hall–Kier alpha value is -0.770. The molecule has 2 fully saturated rings. The minimum absolute atomic E-state index is 0.313. The van der Waals surface area contributed by atoms with Gasteiger partial charge in [0.1, 0.15) is 5.75 Å². The summed E-state index contributed by atoms with van der Waals surface area (Å²) in [5.41, 5.74) is 0.863. The van der Waals surface area contributed by atoms with E-state index in [1.807, 2.05) is 6.07 Å². The molecule has 0 aromatic heterocycles. The van der Waals surface area contributed by atoms with Gasteiger partial charge >= 0.3 is 0 Å². The molecule has 2 heterocycles. The Balaban J connectivity index is 1.75. The molecule has 3 nitrogen and oxygen atoms in total. The third-order valence-corrected chi connectivity index (χ3v) is 4.88. The normalized spacial score (nSPS) is 28.5. The Labute approximate surface area is 119 Å². The average molecular weight is 281 g/mol. The summed E-state index contributed by atoms with van der Waals surface area (Å²) < 4.78 is 0. The highest BCUT2D eigenvalue weighted by molar-refractivity contribution is 6.31. The number of hydrogen-bond donors (Lipinski definition) is 1.